The second kappa shape index (κ2) is 8.25. The Morgan fingerprint density at radius 2 is 2.07 bits per heavy atom. The van der Waals surface area contributed by atoms with Crippen molar-refractivity contribution >= 4 is 5.82 Å². The summed E-state index contributed by atoms with van der Waals surface area (Å²) in [4.78, 5) is 22.5. The van der Waals surface area contributed by atoms with Crippen LogP contribution in [0, 0.1) is 18.3 Å². The topological polar surface area (TPSA) is 93.3 Å². The highest BCUT2D eigenvalue weighted by atomic mass is 16.5. The van der Waals surface area contributed by atoms with Gasteiger partial charge in [-0.25, -0.2) is 4.79 Å². The number of hydrogen-bond acceptors (Lipinski definition) is 7. The van der Waals surface area contributed by atoms with Gasteiger partial charge in [-0.15, -0.1) is 0 Å². The minimum absolute atomic E-state index is 0.181. The average molecular weight is 403 g/mol. The highest BCUT2D eigenvalue weighted by molar-refractivity contribution is 5.47. The Labute approximate surface area is 174 Å². The molecule has 152 valence electrons. The first kappa shape index (κ1) is 19.5. The third-order valence-corrected chi connectivity index (χ3v) is 4.90. The third-order valence-electron chi connectivity index (χ3n) is 4.90. The van der Waals surface area contributed by atoms with Gasteiger partial charge in [0.05, 0.1) is 11.8 Å². The monoisotopic (exact) mass is 403 g/mol. The summed E-state index contributed by atoms with van der Waals surface area (Å²) in [6, 6.07) is 12.8. The largest absolute Gasteiger partial charge is 0.473 e. The van der Waals surface area contributed by atoms with Gasteiger partial charge in [-0.1, -0.05) is 6.07 Å². The number of pyridine rings is 1. The Balaban J connectivity index is 1.50. The van der Waals surface area contributed by atoms with Crippen LogP contribution in [0.5, 0.6) is 17.4 Å². The number of fused-ring (bicyclic) bond motifs is 1. The van der Waals surface area contributed by atoms with Gasteiger partial charge >= 0.3 is 5.69 Å². The second-order valence-electron chi connectivity index (χ2n) is 7.13. The second-order valence-corrected chi connectivity index (χ2v) is 7.13. The summed E-state index contributed by atoms with van der Waals surface area (Å²) in [6.45, 7) is 3.62. The number of benzene rings is 1. The van der Waals surface area contributed by atoms with Crippen molar-refractivity contribution in [1.29, 1.82) is 5.26 Å². The molecule has 4 rings (SSSR count). The molecule has 1 aromatic carbocycles. The first-order chi connectivity index (χ1) is 14.5. The van der Waals surface area contributed by atoms with Crippen molar-refractivity contribution in [3.05, 3.63) is 69.9 Å². The zero-order valence-electron chi connectivity index (χ0n) is 16.8. The Morgan fingerprint density at radius 3 is 2.83 bits per heavy atom. The van der Waals surface area contributed by atoms with Crippen LogP contribution in [0.15, 0.2) is 47.4 Å². The van der Waals surface area contributed by atoms with E-state index in [1.54, 1.807) is 35.0 Å². The molecule has 0 saturated carbocycles. The van der Waals surface area contributed by atoms with E-state index >= 15 is 0 Å². The molecule has 3 heterocycles. The van der Waals surface area contributed by atoms with E-state index < -0.39 is 0 Å². The van der Waals surface area contributed by atoms with Crippen LogP contribution in [0.4, 0.5) is 5.82 Å². The molecular formula is C22H21N5O3. The molecule has 0 radical (unpaired) electrons. The highest BCUT2D eigenvalue weighted by Crippen LogP contribution is 2.26. The SMILES string of the molecule is Cc1ccc(Oc2ccc(COc3cc4n(c(=O)n3)CCCN4C)cc2C#N)cn1. The van der Waals surface area contributed by atoms with E-state index in [0.29, 0.717) is 23.6 Å². The van der Waals surface area contributed by atoms with Crippen molar-refractivity contribution in [2.45, 2.75) is 26.5 Å². The lowest BCUT2D eigenvalue weighted by molar-refractivity contribution is 0.290. The number of aryl methyl sites for hydroxylation is 1. The van der Waals surface area contributed by atoms with E-state index in [1.807, 2.05) is 31.0 Å². The zero-order valence-corrected chi connectivity index (χ0v) is 16.8. The molecule has 0 fully saturated rings. The van der Waals surface area contributed by atoms with Gasteiger partial charge in [0.25, 0.3) is 0 Å². The molecule has 8 heteroatoms. The summed E-state index contributed by atoms with van der Waals surface area (Å²) in [5, 5.41) is 9.50. The predicted molar refractivity (Wildman–Crippen MR) is 111 cm³/mol. The summed E-state index contributed by atoms with van der Waals surface area (Å²) in [5.41, 5.74) is 1.72. The van der Waals surface area contributed by atoms with Crippen LogP contribution in [-0.2, 0) is 13.2 Å². The van der Waals surface area contributed by atoms with Crippen LogP contribution < -0.4 is 20.1 Å². The number of nitrogens with zero attached hydrogens (tertiary/aromatic N) is 5. The van der Waals surface area contributed by atoms with Crippen molar-refractivity contribution in [1.82, 2.24) is 14.5 Å². The third kappa shape index (κ3) is 4.10. The molecular weight excluding hydrogens is 382 g/mol. The fourth-order valence-corrected chi connectivity index (χ4v) is 3.30. The van der Waals surface area contributed by atoms with Crippen molar-refractivity contribution in [2.75, 3.05) is 18.5 Å². The molecule has 3 aromatic rings. The molecule has 0 atom stereocenters. The van der Waals surface area contributed by atoms with Crippen LogP contribution in [0.25, 0.3) is 0 Å². The highest BCUT2D eigenvalue weighted by Gasteiger charge is 2.17. The van der Waals surface area contributed by atoms with Crippen molar-refractivity contribution in [2.24, 2.45) is 0 Å². The molecule has 1 aliphatic rings. The van der Waals surface area contributed by atoms with Crippen LogP contribution >= 0.6 is 0 Å². The minimum Gasteiger partial charge on any atom is -0.473 e. The van der Waals surface area contributed by atoms with Gasteiger partial charge in [0.2, 0.25) is 5.88 Å². The fraction of sp³-hybridized carbons (Fsp3) is 0.273. The van der Waals surface area contributed by atoms with Crippen LogP contribution in [-0.4, -0.2) is 28.1 Å². The molecule has 8 nitrogen and oxygen atoms in total. The summed E-state index contributed by atoms with van der Waals surface area (Å²) >= 11 is 0. The summed E-state index contributed by atoms with van der Waals surface area (Å²) < 4.78 is 13.2. The fourth-order valence-electron chi connectivity index (χ4n) is 3.30. The maximum absolute atomic E-state index is 12.3. The predicted octanol–water partition coefficient (Wildman–Crippen LogP) is 3.03. The molecule has 2 aromatic heterocycles. The standard InChI is InChI=1S/C22H21N5O3/c1-15-4-6-18(13-24-15)30-19-7-5-16(10-17(19)12-23)14-29-20-11-21-26(2)8-3-9-27(21)22(28)25-20/h4-7,10-11,13H,3,8-9,14H2,1-2H3. The van der Waals surface area contributed by atoms with Gasteiger partial charge < -0.3 is 14.4 Å². The Hall–Kier alpha value is -3.86. The zero-order chi connectivity index (χ0) is 21.1. The van der Waals surface area contributed by atoms with Crippen molar-refractivity contribution < 1.29 is 9.47 Å². The van der Waals surface area contributed by atoms with E-state index in [2.05, 4.69) is 16.0 Å². The van der Waals surface area contributed by atoms with Gasteiger partial charge in [-0.05, 0) is 43.2 Å². The molecule has 0 aliphatic carbocycles. The van der Waals surface area contributed by atoms with E-state index in [9.17, 15) is 10.1 Å². The number of rotatable bonds is 5. The van der Waals surface area contributed by atoms with E-state index in [4.69, 9.17) is 9.47 Å². The van der Waals surface area contributed by atoms with Gasteiger partial charge in [-0.3, -0.25) is 9.55 Å². The minimum atomic E-state index is -0.317. The van der Waals surface area contributed by atoms with Gasteiger partial charge in [0, 0.05) is 31.9 Å². The lowest BCUT2D eigenvalue weighted by atomic mass is 10.1. The van der Waals surface area contributed by atoms with Crippen LogP contribution in [0.1, 0.15) is 23.2 Å². The van der Waals surface area contributed by atoms with Crippen LogP contribution in [0.2, 0.25) is 0 Å². The summed E-state index contributed by atoms with van der Waals surface area (Å²) in [6.07, 6.45) is 2.53. The lowest BCUT2D eigenvalue weighted by Gasteiger charge is -2.28. The molecule has 0 amide bonds. The molecule has 0 spiro atoms. The Kier molecular flexibility index (Phi) is 5.35. The van der Waals surface area contributed by atoms with Crippen LogP contribution in [0.3, 0.4) is 0 Å². The summed E-state index contributed by atoms with van der Waals surface area (Å²) in [7, 11) is 1.94. The van der Waals surface area contributed by atoms with Gasteiger partial charge in [-0.2, -0.15) is 10.2 Å². The smallest absolute Gasteiger partial charge is 0.352 e. The van der Waals surface area contributed by atoms with E-state index in [0.717, 1.165) is 30.0 Å². The molecule has 0 bridgehead atoms. The van der Waals surface area contributed by atoms with E-state index in [-0.39, 0.29) is 18.2 Å². The maximum Gasteiger partial charge on any atom is 0.352 e. The normalized spacial score (nSPS) is 12.8. The number of aromatic nitrogens is 3. The molecule has 0 unspecified atom stereocenters. The maximum atomic E-state index is 12.3. The molecule has 0 saturated heterocycles. The van der Waals surface area contributed by atoms with Crippen molar-refractivity contribution in [3.63, 3.8) is 0 Å². The number of ether oxygens (including phenoxy) is 2. The summed E-state index contributed by atoms with van der Waals surface area (Å²) in [5.74, 6) is 2.07. The number of nitriles is 1. The lowest BCUT2D eigenvalue weighted by Crippen LogP contribution is -2.36. The molecule has 1 aliphatic heterocycles. The number of hydrogen-bond donors (Lipinski definition) is 0. The van der Waals surface area contributed by atoms with Gasteiger partial charge in [0.1, 0.15) is 30.0 Å². The first-order valence-electron chi connectivity index (χ1n) is 9.63. The Morgan fingerprint density at radius 1 is 1.20 bits per heavy atom. The molecule has 30 heavy (non-hydrogen) atoms. The molecule has 0 N–H and O–H groups in total. The van der Waals surface area contributed by atoms with Gasteiger partial charge in [0.15, 0.2) is 0 Å². The average Bonchev–Trinajstić information content (AvgIpc) is 2.75. The van der Waals surface area contributed by atoms with E-state index in [1.165, 1.54) is 0 Å². The van der Waals surface area contributed by atoms with Crippen molar-refractivity contribution in [3.8, 4) is 23.4 Å². The number of anilines is 1. The Bertz CT molecular complexity index is 1160. The first-order valence-corrected chi connectivity index (χ1v) is 9.63. The quantitative estimate of drug-likeness (QED) is 0.646.